The third-order valence-corrected chi connectivity index (χ3v) is 2.45. The average molecular weight is 238 g/mol. The summed E-state index contributed by atoms with van der Waals surface area (Å²) in [6, 6.07) is 8.32. The van der Waals surface area contributed by atoms with Gasteiger partial charge in [-0.05, 0) is 37.7 Å². The highest BCUT2D eigenvalue weighted by molar-refractivity contribution is 5.85. The summed E-state index contributed by atoms with van der Waals surface area (Å²) in [5.74, 6) is 6.40. The zero-order valence-corrected chi connectivity index (χ0v) is 11.1. The Bertz CT molecular complexity index is 358. The standard InChI is InChI=1S/C14H19N.ClH/c1-4-15(5-2)11-7-10-14-9-6-8-13(3)12-14;/h6,8-9,12H,4-5,11H2,1-3H3;1H. The first-order chi connectivity index (χ1) is 7.26. The lowest BCUT2D eigenvalue weighted by Gasteiger charge is -2.13. The minimum atomic E-state index is 0. The minimum absolute atomic E-state index is 0. The molecule has 0 aliphatic heterocycles. The van der Waals surface area contributed by atoms with Crippen molar-refractivity contribution < 1.29 is 0 Å². The maximum Gasteiger partial charge on any atom is 0.0605 e. The number of benzene rings is 1. The second-order valence-corrected chi connectivity index (χ2v) is 3.63. The Morgan fingerprint density at radius 2 is 1.88 bits per heavy atom. The van der Waals surface area contributed by atoms with Crippen molar-refractivity contribution in [2.24, 2.45) is 0 Å². The highest BCUT2D eigenvalue weighted by Gasteiger charge is 1.93. The Morgan fingerprint density at radius 1 is 1.19 bits per heavy atom. The van der Waals surface area contributed by atoms with Gasteiger partial charge < -0.3 is 0 Å². The van der Waals surface area contributed by atoms with Crippen LogP contribution in [0.3, 0.4) is 0 Å². The van der Waals surface area contributed by atoms with Gasteiger partial charge in [-0.2, -0.15) is 0 Å². The van der Waals surface area contributed by atoms with Gasteiger partial charge in [-0.25, -0.2) is 0 Å². The minimum Gasteiger partial charge on any atom is -0.293 e. The molecule has 0 N–H and O–H groups in total. The van der Waals surface area contributed by atoms with E-state index < -0.39 is 0 Å². The molecule has 1 aromatic rings. The van der Waals surface area contributed by atoms with Crippen LogP contribution in [0.1, 0.15) is 25.0 Å². The lowest BCUT2D eigenvalue weighted by Crippen LogP contribution is -2.22. The SMILES string of the molecule is CCN(CC)CC#Cc1cccc(C)c1.Cl. The Labute approximate surface area is 105 Å². The van der Waals surface area contributed by atoms with Gasteiger partial charge in [0.25, 0.3) is 0 Å². The molecule has 0 saturated carbocycles. The summed E-state index contributed by atoms with van der Waals surface area (Å²) in [6.45, 7) is 9.42. The molecule has 0 saturated heterocycles. The van der Waals surface area contributed by atoms with Crippen molar-refractivity contribution in [2.75, 3.05) is 19.6 Å². The summed E-state index contributed by atoms with van der Waals surface area (Å²) < 4.78 is 0. The molecule has 16 heavy (non-hydrogen) atoms. The Hall–Kier alpha value is -0.970. The molecular weight excluding hydrogens is 218 g/mol. The summed E-state index contributed by atoms with van der Waals surface area (Å²) in [6.07, 6.45) is 0. The molecule has 2 heteroatoms. The highest BCUT2D eigenvalue weighted by atomic mass is 35.5. The van der Waals surface area contributed by atoms with E-state index in [2.05, 4.69) is 61.8 Å². The molecule has 88 valence electrons. The highest BCUT2D eigenvalue weighted by Crippen LogP contribution is 2.01. The molecule has 0 bridgehead atoms. The molecule has 1 aromatic carbocycles. The van der Waals surface area contributed by atoms with E-state index in [0.717, 1.165) is 25.2 Å². The van der Waals surface area contributed by atoms with Crippen molar-refractivity contribution in [1.29, 1.82) is 0 Å². The van der Waals surface area contributed by atoms with Crippen LogP contribution in [-0.4, -0.2) is 24.5 Å². The van der Waals surface area contributed by atoms with Gasteiger partial charge in [0.1, 0.15) is 0 Å². The van der Waals surface area contributed by atoms with E-state index in [0.29, 0.717) is 0 Å². The van der Waals surface area contributed by atoms with Gasteiger partial charge in [0.15, 0.2) is 0 Å². The molecule has 0 spiro atoms. The molecule has 0 aromatic heterocycles. The first-order valence-corrected chi connectivity index (χ1v) is 5.54. The topological polar surface area (TPSA) is 3.24 Å². The van der Waals surface area contributed by atoms with Gasteiger partial charge in [0, 0.05) is 5.56 Å². The number of aryl methyl sites for hydroxylation is 1. The van der Waals surface area contributed by atoms with Crippen molar-refractivity contribution >= 4 is 12.4 Å². The third-order valence-electron chi connectivity index (χ3n) is 2.45. The number of halogens is 1. The third kappa shape index (κ3) is 5.21. The quantitative estimate of drug-likeness (QED) is 0.731. The van der Waals surface area contributed by atoms with Crippen molar-refractivity contribution in [3.8, 4) is 11.8 Å². The maximum atomic E-state index is 3.21. The maximum absolute atomic E-state index is 3.21. The fourth-order valence-corrected chi connectivity index (χ4v) is 1.42. The van der Waals surface area contributed by atoms with Crippen LogP contribution in [0.5, 0.6) is 0 Å². The van der Waals surface area contributed by atoms with Crippen LogP contribution in [0.25, 0.3) is 0 Å². The number of rotatable bonds is 3. The van der Waals surface area contributed by atoms with E-state index in [1.165, 1.54) is 5.56 Å². The van der Waals surface area contributed by atoms with Gasteiger partial charge in [0.05, 0.1) is 6.54 Å². The molecule has 0 radical (unpaired) electrons. The van der Waals surface area contributed by atoms with Crippen LogP contribution in [0, 0.1) is 18.8 Å². The van der Waals surface area contributed by atoms with E-state index in [1.807, 2.05) is 0 Å². The Balaban J connectivity index is 0.00000225. The summed E-state index contributed by atoms with van der Waals surface area (Å²) in [4.78, 5) is 2.31. The number of hydrogen-bond donors (Lipinski definition) is 0. The first kappa shape index (κ1) is 15.0. The summed E-state index contributed by atoms with van der Waals surface area (Å²) >= 11 is 0. The van der Waals surface area contributed by atoms with Gasteiger partial charge in [0.2, 0.25) is 0 Å². The summed E-state index contributed by atoms with van der Waals surface area (Å²) in [5, 5.41) is 0. The van der Waals surface area contributed by atoms with Gasteiger partial charge >= 0.3 is 0 Å². The average Bonchev–Trinajstić information content (AvgIpc) is 2.25. The van der Waals surface area contributed by atoms with Gasteiger partial charge in [-0.15, -0.1) is 12.4 Å². The molecule has 0 amide bonds. The van der Waals surface area contributed by atoms with E-state index >= 15 is 0 Å². The van der Waals surface area contributed by atoms with Crippen molar-refractivity contribution in [2.45, 2.75) is 20.8 Å². The zero-order chi connectivity index (χ0) is 11.1. The molecule has 0 heterocycles. The first-order valence-electron chi connectivity index (χ1n) is 5.54. The van der Waals surface area contributed by atoms with Crippen LogP contribution in [0.15, 0.2) is 24.3 Å². The van der Waals surface area contributed by atoms with E-state index in [-0.39, 0.29) is 12.4 Å². The van der Waals surface area contributed by atoms with E-state index in [9.17, 15) is 0 Å². The second-order valence-electron chi connectivity index (χ2n) is 3.63. The Morgan fingerprint density at radius 3 is 2.44 bits per heavy atom. The monoisotopic (exact) mass is 237 g/mol. The lowest BCUT2D eigenvalue weighted by atomic mass is 10.1. The molecule has 0 aliphatic rings. The van der Waals surface area contributed by atoms with E-state index in [4.69, 9.17) is 0 Å². The van der Waals surface area contributed by atoms with Crippen LogP contribution in [0.4, 0.5) is 0 Å². The fraction of sp³-hybridized carbons (Fsp3) is 0.429. The van der Waals surface area contributed by atoms with E-state index in [1.54, 1.807) is 0 Å². The predicted molar refractivity (Wildman–Crippen MR) is 73.1 cm³/mol. The largest absolute Gasteiger partial charge is 0.293 e. The molecule has 1 nitrogen and oxygen atoms in total. The number of nitrogens with zero attached hydrogens (tertiary/aromatic N) is 1. The molecule has 1 rings (SSSR count). The van der Waals surface area contributed by atoms with Crippen LogP contribution in [0.2, 0.25) is 0 Å². The summed E-state index contributed by atoms with van der Waals surface area (Å²) in [7, 11) is 0. The van der Waals surface area contributed by atoms with Crippen molar-refractivity contribution in [3.05, 3.63) is 35.4 Å². The molecule has 0 fully saturated rings. The number of hydrogen-bond acceptors (Lipinski definition) is 1. The lowest BCUT2D eigenvalue weighted by molar-refractivity contribution is 0.342. The zero-order valence-electron chi connectivity index (χ0n) is 10.3. The Kier molecular flexibility index (Phi) is 7.72. The van der Waals surface area contributed by atoms with Gasteiger partial charge in [-0.3, -0.25) is 4.90 Å². The molecular formula is C14H20ClN. The van der Waals surface area contributed by atoms with Crippen molar-refractivity contribution in [1.82, 2.24) is 4.90 Å². The van der Waals surface area contributed by atoms with Crippen LogP contribution >= 0.6 is 12.4 Å². The summed E-state index contributed by atoms with van der Waals surface area (Å²) in [5.41, 5.74) is 2.38. The smallest absolute Gasteiger partial charge is 0.0605 e. The van der Waals surface area contributed by atoms with Gasteiger partial charge in [-0.1, -0.05) is 37.8 Å². The molecule has 0 aliphatic carbocycles. The molecule has 0 unspecified atom stereocenters. The predicted octanol–water partition coefficient (Wildman–Crippen LogP) is 3.11. The van der Waals surface area contributed by atoms with Crippen LogP contribution < -0.4 is 0 Å². The van der Waals surface area contributed by atoms with Crippen LogP contribution in [-0.2, 0) is 0 Å². The molecule has 0 atom stereocenters. The van der Waals surface area contributed by atoms with Crippen molar-refractivity contribution in [3.63, 3.8) is 0 Å². The normalized spacial score (nSPS) is 9.25. The second kappa shape index (κ2) is 8.21. The fourth-order valence-electron chi connectivity index (χ4n) is 1.42.